The number of hydrogen-bond acceptors (Lipinski definition) is 5. The largest absolute Gasteiger partial charge is 0.496 e. The molecule has 1 aliphatic rings. The van der Waals surface area contributed by atoms with E-state index in [1.54, 1.807) is 13.3 Å². The minimum absolute atomic E-state index is 0.0405. The minimum Gasteiger partial charge on any atom is -0.496 e. The quantitative estimate of drug-likeness (QED) is 0.456. The first kappa shape index (κ1) is 20.2. The number of fused-ring (bicyclic) bond motifs is 1. The van der Waals surface area contributed by atoms with Crippen molar-refractivity contribution in [3.05, 3.63) is 89.8 Å². The molecule has 1 fully saturated rings. The highest BCUT2D eigenvalue weighted by molar-refractivity contribution is 5.95. The lowest BCUT2D eigenvalue weighted by molar-refractivity contribution is 0.0692. The highest BCUT2D eigenvalue weighted by Gasteiger charge is 2.29. The Bertz CT molecular complexity index is 1250. The number of oxazole rings is 1. The van der Waals surface area contributed by atoms with Crippen molar-refractivity contribution >= 4 is 16.8 Å². The number of para-hydroxylation sites is 2. The van der Waals surface area contributed by atoms with Crippen molar-refractivity contribution < 1.29 is 13.9 Å². The summed E-state index contributed by atoms with van der Waals surface area (Å²) in [6.07, 6.45) is 4.26. The molecule has 6 nitrogen and oxygen atoms in total. The molecule has 0 N–H and O–H groups in total. The summed E-state index contributed by atoms with van der Waals surface area (Å²) < 4.78 is 11.5. The summed E-state index contributed by atoms with van der Waals surface area (Å²) in [4.78, 5) is 24.1. The zero-order valence-corrected chi connectivity index (χ0v) is 18.0. The average Bonchev–Trinajstić information content (AvgIpc) is 3.32. The molecule has 32 heavy (non-hydrogen) atoms. The first-order chi connectivity index (χ1) is 15.7. The van der Waals surface area contributed by atoms with Gasteiger partial charge < -0.3 is 14.1 Å². The van der Waals surface area contributed by atoms with E-state index in [1.165, 1.54) is 0 Å². The molecule has 6 heteroatoms. The molecule has 1 atom stereocenters. The summed E-state index contributed by atoms with van der Waals surface area (Å²) in [7, 11) is 1.67. The van der Waals surface area contributed by atoms with Crippen LogP contribution in [0.15, 0.2) is 71.3 Å². The second kappa shape index (κ2) is 8.83. The second-order valence-electron chi connectivity index (χ2n) is 8.13. The van der Waals surface area contributed by atoms with Crippen molar-refractivity contribution in [2.45, 2.75) is 25.2 Å². The predicted molar refractivity (Wildman–Crippen MR) is 122 cm³/mol. The normalized spacial score (nSPS) is 16.3. The Morgan fingerprint density at radius 1 is 1.12 bits per heavy atom. The van der Waals surface area contributed by atoms with Gasteiger partial charge in [0.05, 0.1) is 24.7 Å². The number of pyridine rings is 1. The Hall–Kier alpha value is -3.67. The maximum atomic E-state index is 13.1. The third kappa shape index (κ3) is 4.08. The first-order valence-electron chi connectivity index (χ1n) is 10.9. The maximum absolute atomic E-state index is 13.1. The number of nitrogens with zero attached hydrogens (tertiary/aromatic N) is 3. The molecule has 162 valence electrons. The van der Waals surface area contributed by atoms with Crippen LogP contribution in [0.3, 0.4) is 0 Å². The van der Waals surface area contributed by atoms with E-state index in [4.69, 9.17) is 9.15 Å². The number of methoxy groups -OCH3 is 1. The number of benzene rings is 2. The van der Waals surface area contributed by atoms with Crippen molar-refractivity contribution in [3.8, 4) is 5.75 Å². The molecule has 1 amide bonds. The number of amides is 1. The Morgan fingerprint density at radius 3 is 2.88 bits per heavy atom. The van der Waals surface area contributed by atoms with Gasteiger partial charge in [-0.05, 0) is 31.0 Å². The Balaban J connectivity index is 1.30. The van der Waals surface area contributed by atoms with Crippen LogP contribution in [0, 0.1) is 0 Å². The van der Waals surface area contributed by atoms with Crippen LogP contribution in [0.1, 0.15) is 46.5 Å². The molecule has 0 aliphatic carbocycles. The summed E-state index contributed by atoms with van der Waals surface area (Å²) in [5, 5.41) is 1.03. The molecule has 0 radical (unpaired) electrons. The van der Waals surface area contributed by atoms with Crippen molar-refractivity contribution in [2.75, 3.05) is 20.2 Å². The van der Waals surface area contributed by atoms with E-state index in [-0.39, 0.29) is 11.8 Å². The number of hydrogen-bond donors (Lipinski definition) is 0. The van der Waals surface area contributed by atoms with Gasteiger partial charge in [0.2, 0.25) is 0 Å². The smallest absolute Gasteiger partial charge is 0.272 e. The van der Waals surface area contributed by atoms with Gasteiger partial charge in [-0.3, -0.25) is 4.79 Å². The fourth-order valence-corrected chi connectivity index (χ4v) is 4.34. The minimum atomic E-state index is -0.0405. The molecular weight excluding hydrogens is 402 g/mol. The number of aromatic nitrogens is 2. The topological polar surface area (TPSA) is 68.5 Å². The lowest BCUT2D eigenvalue weighted by atomic mass is 9.97. The molecule has 1 saturated heterocycles. The van der Waals surface area contributed by atoms with Gasteiger partial charge in [-0.25, -0.2) is 9.97 Å². The lowest BCUT2D eigenvalue weighted by Gasteiger charge is -2.31. The van der Waals surface area contributed by atoms with E-state index >= 15 is 0 Å². The van der Waals surface area contributed by atoms with Gasteiger partial charge in [-0.1, -0.05) is 42.5 Å². The lowest BCUT2D eigenvalue weighted by Crippen LogP contribution is -2.39. The highest BCUT2D eigenvalue weighted by atomic mass is 16.5. The van der Waals surface area contributed by atoms with Gasteiger partial charge in [-0.2, -0.15) is 0 Å². The fraction of sp³-hybridized carbons (Fsp3) is 0.269. The SMILES string of the molecule is COc1ccccc1Cc1cnc(C2CCCN(C(=O)c3ccc4ccccc4n3)C2)o1. The number of likely N-dealkylation sites (tertiary alicyclic amines) is 1. The number of carbonyl (C=O) groups excluding carboxylic acids is 1. The summed E-state index contributed by atoms with van der Waals surface area (Å²) in [6, 6.07) is 19.5. The highest BCUT2D eigenvalue weighted by Crippen LogP contribution is 2.29. The van der Waals surface area contributed by atoms with Crippen LogP contribution in [0.25, 0.3) is 10.9 Å². The molecule has 1 aliphatic heterocycles. The van der Waals surface area contributed by atoms with Crippen LogP contribution in [0.5, 0.6) is 5.75 Å². The molecule has 0 spiro atoms. The fourth-order valence-electron chi connectivity index (χ4n) is 4.34. The Labute approximate surface area is 186 Å². The van der Waals surface area contributed by atoms with Crippen LogP contribution in [-0.4, -0.2) is 41.0 Å². The van der Waals surface area contributed by atoms with Crippen LogP contribution in [-0.2, 0) is 6.42 Å². The summed E-state index contributed by atoms with van der Waals surface area (Å²) in [5.41, 5.74) is 2.37. The average molecular weight is 428 g/mol. The monoisotopic (exact) mass is 427 g/mol. The second-order valence-corrected chi connectivity index (χ2v) is 8.13. The zero-order valence-electron chi connectivity index (χ0n) is 18.0. The van der Waals surface area contributed by atoms with Gasteiger partial charge in [0, 0.05) is 30.5 Å². The van der Waals surface area contributed by atoms with E-state index in [2.05, 4.69) is 9.97 Å². The zero-order chi connectivity index (χ0) is 21.9. The van der Waals surface area contributed by atoms with E-state index < -0.39 is 0 Å². The van der Waals surface area contributed by atoms with Gasteiger partial charge in [0.15, 0.2) is 5.89 Å². The van der Waals surface area contributed by atoms with Crippen LogP contribution >= 0.6 is 0 Å². The first-order valence-corrected chi connectivity index (χ1v) is 10.9. The Morgan fingerprint density at radius 2 is 1.97 bits per heavy atom. The number of ether oxygens (including phenoxy) is 1. The number of carbonyl (C=O) groups is 1. The number of piperidine rings is 1. The molecule has 4 aromatic rings. The Kier molecular flexibility index (Phi) is 5.58. The summed E-state index contributed by atoms with van der Waals surface area (Å²) >= 11 is 0. The van der Waals surface area contributed by atoms with Crippen LogP contribution in [0.4, 0.5) is 0 Å². The van der Waals surface area contributed by atoms with E-state index in [0.29, 0.717) is 24.6 Å². The van der Waals surface area contributed by atoms with Crippen LogP contribution in [0.2, 0.25) is 0 Å². The van der Waals surface area contributed by atoms with Crippen molar-refractivity contribution in [2.24, 2.45) is 0 Å². The predicted octanol–water partition coefficient (Wildman–Crippen LogP) is 4.84. The summed E-state index contributed by atoms with van der Waals surface area (Å²) in [6.45, 7) is 1.31. The molecule has 1 unspecified atom stereocenters. The summed E-state index contributed by atoms with van der Waals surface area (Å²) in [5.74, 6) is 2.37. The molecule has 0 bridgehead atoms. The van der Waals surface area contributed by atoms with Crippen LogP contribution < -0.4 is 4.74 Å². The van der Waals surface area contributed by atoms with E-state index in [0.717, 1.165) is 47.4 Å². The van der Waals surface area contributed by atoms with Gasteiger partial charge in [0.1, 0.15) is 17.2 Å². The molecule has 0 saturated carbocycles. The van der Waals surface area contributed by atoms with Crippen molar-refractivity contribution in [3.63, 3.8) is 0 Å². The maximum Gasteiger partial charge on any atom is 0.272 e. The molecule has 2 aromatic heterocycles. The van der Waals surface area contributed by atoms with Crippen molar-refractivity contribution in [1.82, 2.24) is 14.9 Å². The standard InChI is InChI=1S/C26H25N3O3/c1-31-24-11-5-3-8-19(24)15-21-16-27-25(32-21)20-9-6-14-29(17-20)26(30)23-13-12-18-7-2-4-10-22(18)28-23/h2-5,7-8,10-13,16,20H,6,9,14-15,17H2,1H3. The molecular formula is C26H25N3O3. The van der Waals surface area contributed by atoms with E-state index in [9.17, 15) is 4.79 Å². The van der Waals surface area contributed by atoms with Crippen molar-refractivity contribution in [1.29, 1.82) is 0 Å². The number of rotatable bonds is 5. The van der Waals surface area contributed by atoms with Gasteiger partial charge in [-0.15, -0.1) is 0 Å². The van der Waals surface area contributed by atoms with Gasteiger partial charge >= 0.3 is 0 Å². The third-order valence-electron chi connectivity index (χ3n) is 6.00. The third-order valence-corrected chi connectivity index (χ3v) is 6.00. The van der Waals surface area contributed by atoms with Gasteiger partial charge in [0.25, 0.3) is 5.91 Å². The van der Waals surface area contributed by atoms with E-state index in [1.807, 2.05) is 65.6 Å². The molecule has 5 rings (SSSR count). The molecule has 2 aromatic carbocycles. The molecule has 3 heterocycles.